The first-order valence-corrected chi connectivity index (χ1v) is 9.36. The van der Waals surface area contributed by atoms with Crippen LogP contribution in [-0.2, 0) is 4.79 Å². The minimum Gasteiger partial charge on any atom is -0.478 e. The molecule has 0 spiro atoms. The highest BCUT2D eigenvalue weighted by Gasteiger charge is 2.15. The molecular weight excluding hydrogens is 427 g/mol. The molecule has 30 heavy (non-hydrogen) atoms. The van der Waals surface area contributed by atoms with Crippen molar-refractivity contribution in [1.82, 2.24) is 0 Å². The number of rotatable bonds is 5. The van der Waals surface area contributed by atoms with E-state index in [9.17, 15) is 20.0 Å². The summed E-state index contributed by atoms with van der Waals surface area (Å²) < 4.78 is 5.66. The summed E-state index contributed by atoms with van der Waals surface area (Å²) in [6.07, 6.45) is 1.30. The lowest BCUT2D eigenvalue weighted by atomic mass is 10.1. The van der Waals surface area contributed by atoms with E-state index in [-0.39, 0.29) is 21.9 Å². The third-order valence-electron chi connectivity index (χ3n) is 4.21. The molecule has 8 heteroatoms. The van der Waals surface area contributed by atoms with Crippen molar-refractivity contribution in [3.05, 3.63) is 81.0 Å². The van der Waals surface area contributed by atoms with Crippen LogP contribution in [0.3, 0.4) is 0 Å². The van der Waals surface area contributed by atoms with Gasteiger partial charge in [0, 0.05) is 22.3 Å². The molecule has 1 amide bonds. The van der Waals surface area contributed by atoms with Crippen LogP contribution in [0, 0.1) is 18.3 Å². The molecule has 150 valence electrons. The van der Waals surface area contributed by atoms with E-state index in [1.54, 1.807) is 43.3 Å². The Morgan fingerprint density at radius 2 is 1.90 bits per heavy atom. The lowest BCUT2D eigenvalue weighted by molar-refractivity contribution is -0.112. The first-order valence-electron chi connectivity index (χ1n) is 8.61. The summed E-state index contributed by atoms with van der Waals surface area (Å²) in [7, 11) is 0. The maximum absolute atomic E-state index is 12.5. The second kappa shape index (κ2) is 8.87. The number of amides is 1. The van der Waals surface area contributed by atoms with Gasteiger partial charge in [-0.05, 0) is 55.0 Å². The maximum atomic E-state index is 12.5. The summed E-state index contributed by atoms with van der Waals surface area (Å²) in [6.45, 7) is 1.80. The lowest BCUT2D eigenvalue weighted by Gasteiger charge is -2.08. The van der Waals surface area contributed by atoms with Crippen molar-refractivity contribution in [1.29, 1.82) is 5.26 Å². The van der Waals surface area contributed by atoms with Gasteiger partial charge in [0.05, 0.1) is 10.6 Å². The largest absolute Gasteiger partial charge is 0.478 e. The molecule has 0 aliphatic carbocycles. The molecule has 0 saturated carbocycles. The number of hydrogen-bond donors (Lipinski definition) is 2. The summed E-state index contributed by atoms with van der Waals surface area (Å²) in [4.78, 5) is 23.7. The Bertz CT molecular complexity index is 1220. The van der Waals surface area contributed by atoms with Crippen molar-refractivity contribution in [2.45, 2.75) is 6.92 Å². The molecule has 2 aromatic carbocycles. The number of nitrogens with one attached hydrogen (secondary N) is 1. The van der Waals surface area contributed by atoms with Gasteiger partial charge in [0.15, 0.2) is 0 Å². The Hall–Kier alpha value is -3.53. The number of nitrogens with zero attached hydrogens (tertiary/aromatic N) is 1. The first-order chi connectivity index (χ1) is 14.3. The number of carbonyl (C=O) groups is 2. The average molecular weight is 441 g/mol. The molecule has 3 rings (SSSR count). The summed E-state index contributed by atoms with van der Waals surface area (Å²) in [5.74, 6) is -1.15. The molecule has 6 nitrogen and oxygen atoms in total. The fourth-order valence-electron chi connectivity index (χ4n) is 2.64. The van der Waals surface area contributed by atoms with Crippen molar-refractivity contribution in [2.24, 2.45) is 0 Å². The second-order valence-corrected chi connectivity index (χ2v) is 7.13. The van der Waals surface area contributed by atoms with E-state index in [4.69, 9.17) is 27.6 Å². The molecule has 0 unspecified atom stereocenters. The molecule has 0 aliphatic heterocycles. The molecule has 1 aromatic heterocycles. The first kappa shape index (κ1) is 21.2. The van der Waals surface area contributed by atoms with Gasteiger partial charge in [0.1, 0.15) is 23.2 Å². The molecule has 1 heterocycles. The number of carboxylic acid groups (broad SMARTS) is 1. The van der Waals surface area contributed by atoms with E-state index in [0.29, 0.717) is 22.0 Å². The lowest BCUT2D eigenvalue weighted by Crippen LogP contribution is -2.14. The van der Waals surface area contributed by atoms with Crippen molar-refractivity contribution < 1.29 is 19.1 Å². The average Bonchev–Trinajstić information content (AvgIpc) is 3.17. The number of carbonyl (C=O) groups excluding carboxylic acids is 1. The van der Waals surface area contributed by atoms with E-state index in [1.165, 1.54) is 18.2 Å². The van der Waals surface area contributed by atoms with Crippen LogP contribution in [0.15, 0.2) is 58.5 Å². The number of aromatic carboxylic acids is 1. The third kappa shape index (κ3) is 4.71. The van der Waals surface area contributed by atoms with Crippen LogP contribution in [0.2, 0.25) is 10.0 Å². The maximum Gasteiger partial charge on any atom is 0.337 e. The molecular formula is C22H14Cl2N2O4. The van der Waals surface area contributed by atoms with Crippen LogP contribution in [0.4, 0.5) is 5.69 Å². The molecule has 0 atom stereocenters. The van der Waals surface area contributed by atoms with Crippen molar-refractivity contribution >= 4 is 46.8 Å². The second-order valence-electron chi connectivity index (χ2n) is 6.28. The highest BCUT2D eigenvalue weighted by molar-refractivity contribution is 6.33. The Morgan fingerprint density at radius 1 is 1.13 bits per heavy atom. The highest BCUT2D eigenvalue weighted by atomic mass is 35.5. The van der Waals surface area contributed by atoms with Crippen molar-refractivity contribution in [3.8, 4) is 17.4 Å². The zero-order valence-electron chi connectivity index (χ0n) is 15.6. The normalized spacial score (nSPS) is 11.1. The predicted octanol–water partition coefficient (Wildman–Crippen LogP) is 5.81. The number of halogens is 2. The number of furan rings is 1. The molecule has 0 radical (unpaired) electrons. The molecule has 3 aromatic rings. The highest BCUT2D eigenvalue weighted by Crippen LogP contribution is 2.28. The minimum atomic E-state index is -1.16. The van der Waals surface area contributed by atoms with Crippen molar-refractivity contribution in [2.75, 3.05) is 5.32 Å². The van der Waals surface area contributed by atoms with E-state index < -0.39 is 11.9 Å². The minimum absolute atomic E-state index is 0.0587. The number of hydrogen-bond acceptors (Lipinski definition) is 4. The van der Waals surface area contributed by atoms with Gasteiger partial charge in [-0.3, -0.25) is 4.79 Å². The topological polar surface area (TPSA) is 103 Å². The van der Waals surface area contributed by atoms with Gasteiger partial charge >= 0.3 is 5.97 Å². The summed E-state index contributed by atoms with van der Waals surface area (Å²) in [6, 6.07) is 14.5. The summed E-state index contributed by atoms with van der Waals surface area (Å²) in [5.41, 5.74) is 1.56. The van der Waals surface area contributed by atoms with Crippen LogP contribution in [-0.4, -0.2) is 17.0 Å². The SMILES string of the molecule is Cc1ccc(Cl)cc1NC(=O)/C(C#N)=C/c1ccc(-c2ccc(Cl)c(C(=O)O)c2)o1. The van der Waals surface area contributed by atoms with E-state index in [2.05, 4.69) is 5.32 Å². The van der Waals surface area contributed by atoms with E-state index >= 15 is 0 Å². The number of benzene rings is 2. The van der Waals surface area contributed by atoms with Crippen LogP contribution in [0.1, 0.15) is 21.7 Å². The summed E-state index contributed by atoms with van der Waals surface area (Å²) >= 11 is 11.8. The summed E-state index contributed by atoms with van der Waals surface area (Å²) in [5, 5.41) is 21.8. The standard InChI is InChI=1S/C22H14Cl2N2O4/c1-12-2-4-15(23)10-19(12)26-21(27)14(11-25)8-16-5-7-20(30-16)13-3-6-18(24)17(9-13)22(28)29/h2-10H,1H3,(H,26,27)(H,28,29)/b14-8+. The number of aryl methyl sites for hydroxylation is 1. The van der Waals surface area contributed by atoms with Crippen LogP contribution in [0.25, 0.3) is 17.4 Å². The Balaban J connectivity index is 1.86. The quantitative estimate of drug-likeness (QED) is 0.385. The van der Waals surface area contributed by atoms with E-state index in [0.717, 1.165) is 5.56 Å². The molecule has 0 bridgehead atoms. The van der Waals surface area contributed by atoms with Crippen LogP contribution >= 0.6 is 23.2 Å². The predicted molar refractivity (Wildman–Crippen MR) is 115 cm³/mol. The van der Waals surface area contributed by atoms with Gasteiger partial charge in [-0.1, -0.05) is 29.3 Å². The van der Waals surface area contributed by atoms with Crippen LogP contribution in [0.5, 0.6) is 0 Å². The smallest absolute Gasteiger partial charge is 0.337 e. The number of nitriles is 1. The monoisotopic (exact) mass is 440 g/mol. The van der Waals surface area contributed by atoms with Gasteiger partial charge in [0.25, 0.3) is 5.91 Å². The fourth-order valence-corrected chi connectivity index (χ4v) is 3.01. The Labute approximate surface area is 182 Å². The van der Waals surface area contributed by atoms with Gasteiger partial charge < -0.3 is 14.8 Å². The molecule has 0 aliphatic rings. The van der Waals surface area contributed by atoms with Crippen molar-refractivity contribution in [3.63, 3.8) is 0 Å². The van der Waals surface area contributed by atoms with Gasteiger partial charge in [0.2, 0.25) is 0 Å². The van der Waals surface area contributed by atoms with Gasteiger partial charge in [-0.25, -0.2) is 4.79 Å². The third-order valence-corrected chi connectivity index (χ3v) is 4.77. The molecule has 0 saturated heterocycles. The fraction of sp³-hybridized carbons (Fsp3) is 0.0455. The Morgan fingerprint density at radius 3 is 2.60 bits per heavy atom. The van der Waals surface area contributed by atoms with Crippen LogP contribution < -0.4 is 5.32 Å². The number of anilines is 1. The van der Waals surface area contributed by atoms with E-state index in [1.807, 2.05) is 6.07 Å². The molecule has 0 fully saturated rings. The zero-order chi connectivity index (χ0) is 21.8. The zero-order valence-corrected chi connectivity index (χ0v) is 17.1. The molecule has 2 N–H and O–H groups in total. The Kier molecular flexibility index (Phi) is 6.26. The van der Waals surface area contributed by atoms with Gasteiger partial charge in [-0.15, -0.1) is 0 Å². The van der Waals surface area contributed by atoms with Gasteiger partial charge in [-0.2, -0.15) is 5.26 Å². The number of carboxylic acids is 1.